The number of carbonyl (C=O) groups is 2. The van der Waals surface area contributed by atoms with Gasteiger partial charge < -0.3 is 4.74 Å². The number of fused-ring (bicyclic) bond motifs is 7. The van der Waals surface area contributed by atoms with Crippen LogP contribution in [-0.4, -0.2) is 17.9 Å². The summed E-state index contributed by atoms with van der Waals surface area (Å²) in [5.74, 6) is 4.15. The molecule has 3 nitrogen and oxygen atoms in total. The summed E-state index contributed by atoms with van der Waals surface area (Å²) in [5.41, 5.74) is 0.840. The van der Waals surface area contributed by atoms with Crippen molar-refractivity contribution < 1.29 is 14.3 Å². The van der Waals surface area contributed by atoms with E-state index in [4.69, 9.17) is 4.74 Å². The van der Waals surface area contributed by atoms with E-state index in [2.05, 4.69) is 55.4 Å². The highest BCUT2D eigenvalue weighted by molar-refractivity contribution is 5.87. The van der Waals surface area contributed by atoms with Crippen LogP contribution in [0.1, 0.15) is 120 Å². The van der Waals surface area contributed by atoms with Crippen LogP contribution < -0.4 is 0 Å². The van der Waals surface area contributed by atoms with Crippen LogP contribution in [0.25, 0.3) is 0 Å². The van der Waals surface area contributed by atoms with Crippen LogP contribution in [0.4, 0.5) is 0 Å². The van der Waals surface area contributed by atoms with Crippen molar-refractivity contribution in [1.29, 1.82) is 0 Å². The summed E-state index contributed by atoms with van der Waals surface area (Å²) in [6.45, 7) is 21.2. The zero-order chi connectivity index (χ0) is 25.8. The molecule has 5 saturated carbocycles. The molecule has 0 N–H and O–H groups in total. The maximum atomic E-state index is 13.6. The summed E-state index contributed by atoms with van der Waals surface area (Å²) in [4.78, 5) is 25.5. The molecule has 3 heteroatoms. The molecular formula is C32H52O3. The van der Waals surface area contributed by atoms with Crippen molar-refractivity contribution >= 4 is 11.8 Å². The molecule has 5 fully saturated rings. The first-order chi connectivity index (χ1) is 16.1. The van der Waals surface area contributed by atoms with Crippen LogP contribution in [-0.2, 0) is 14.3 Å². The van der Waals surface area contributed by atoms with Gasteiger partial charge in [-0.2, -0.15) is 0 Å². The molecule has 0 bridgehead atoms. The van der Waals surface area contributed by atoms with Crippen LogP contribution in [0.15, 0.2) is 0 Å². The van der Waals surface area contributed by atoms with Crippen molar-refractivity contribution in [1.82, 2.24) is 0 Å². The molecule has 5 aliphatic rings. The topological polar surface area (TPSA) is 43.4 Å². The van der Waals surface area contributed by atoms with Crippen molar-refractivity contribution in [3.63, 3.8) is 0 Å². The lowest BCUT2D eigenvalue weighted by molar-refractivity contribution is -0.245. The lowest BCUT2D eigenvalue weighted by atomic mass is 9.32. The first-order valence-corrected chi connectivity index (χ1v) is 14.8. The molecule has 0 aromatic heterocycles. The van der Waals surface area contributed by atoms with E-state index in [1.54, 1.807) is 0 Å². The monoisotopic (exact) mass is 484 g/mol. The van der Waals surface area contributed by atoms with E-state index in [0.29, 0.717) is 29.1 Å². The number of rotatable bonds is 2. The molecule has 0 heterocycles. The minimum atomic E-state index is -0.588. The molecule has 35 heavy (non-hydrogen) atoms. The summed E-state index contributed by atoms with van der Waals surface area (Å²) < 4.78 is 5.68. The molecule has 0 saturated heterocycles. The van der Waals surface area contributed by atoms with Crippen molar-refractivity contribution in [2.24, 2.45) is 62.6 Å². The Morgan fingerprint density at radius 1 is 0.857 bits per heavy atom. The third-order valence-electron chi connectivity index (χ3n) is 13.7. The lowest BCUT2D eigenvalue weighted by Gasteiger charge is -2.72. The molecule has 0 aliphatic heterocycles. The van der Waals surface area contributed by atoms with Gasteiger partial charge in [-0.1, -0.05) is 55.4 Å². The van der Waals surface area contributed by atoms with Crippen LogP contribution in [0.5, 0.6) is 0 Å². The lowest BCUT2D eigenvalue weighted by Crippen LogP contribution is -2.68. The minimum Gasteiger partial charge on any atom is -0.454 e. The zero-order valence-electron chi connectivity index (χ0n) is 24.1. The molecule has 0 amide bonds. The molecule has 198 valence electrons. The van der Waals surface area contributed by atoms with E-state index < -0.39 is 6.10 Å². The third-order valence-corrected chi connectivity index (χ3v) is 13.7. The Labute approximate surface area is 214 Å². The van der Waals surface area contributed by atoms with E-state index in [1.165, 1.54) is 51.9 Å². The van der Waals surface area contributed by atoms with Gasteiger partial charge in [0.1, 0.15) is 0 Å². The Kier molecular flexibility index (Phi) is 5.76. The van der Waals surface area contributed by atoms with Gasteiger partial charge in [0.25, 0.3) is 0 Å². The largest absolute Gasteiger partial charge is 0.454 e. The fourth-order valence-corrected chi connectivity index (χ4v) is 12.0. The first kappa shape index (κ1) is 25.8. The summed E-state index contributed by atoms with van der Waals surface area (Å²) in [5, 5.41) is 0. The molecule has 5 rings (SSSR count). The molecule has 10 atom stereocenters. The van der Waals surface area contributed by atoms with E-state index in [1.807, 2.05) is 0 Å². The maximum absolute atomic E-state index is 13.6. The zero-order valence-corrected chi connectivity index (χ0v) is 24.1. The molecule has 5 aliphatic carbocycles. The Morgan fingerprint density at radius 2 is 1.54 bits per heavy atom. The normalized spacial score (nSPS) is 52.8. The molecule has 0 radical (unpaired) electrons. The standard InChI is InChI=1S/C32H52O3/c1-19(2)21-12-14-29(6)16-17-31(8)22(26(21)29)10-11-25-30(7)18-23(34)27(35-20(3)33)28(4,5)24(30)13-15-32(25,31)9/h19,21-22,24-27H,10-18H2,1-9H3/t21-,22+,24-,25-,26+,27+,29-,30-,31+,32+/m0/s1. The number of esters is 1. The average molecular weight is 485 g/mol. The van der Waals surface area contributed by atoms with E-state index in [-0.39, 0.29) is 28.0 Å². The highest BCUT2D eigenvalue weighted by Gasteiger charge is 2.71. The molecule has 0 aromatic carbocycles. The highest BCUT2D eigenvalue weighted by Crippen LogP contribution is 2.77. The van der Waals surface area contributed by atoms with Crippen molar-refractivity contribution in [3.05, 3.63) is 0 Å². The number of ketones is 1. The Morgan fingerprint density at radius 3 is 2.17 bits per heavy atom. The summed E-state index contributed by atoms with van der Waals surface area (Å²) in [6, 6.07) is 0. The van der Waals surface area contributed by atoms with Gasteiger partial charge >= 0.3 is 5.97 Å². The van der Waals surface area contributed by atoms with Crippen LogP contribution in [0, 0.1) is 62.6 Å². The predicted molar refractivity (Wildman–Crippen MR) is 141 cm³/mol. The van der Waals surface area contributed by atoms with Crippen LogP contribution in [0.2, 0.25) is 0 Å². The highest BCUT2D eigenvalue weighted by atomic mass is 16.5. The second-order valence-electron chi connectivity index (χ2n) is 15.7. The number of ether oxygens (including phenoxy) is 1. The van der Waals surface area contributed by atoms with Gasteiger partial charge in [-0.05, 0) is 109 Å². The van der Waals surface area contributed by atoms with Gasteiger partial charge in [0.15, 0.2) is 11.9 Å². The van der Waals surface area contributed by atoms with Gasteiger partial charge in [-0.25, -0.2) is 0 Å². The molecular weight excluding hydrogens is 432 g/mol. The van der Waals surface area contributed by atoms with Crippen LogP contribution >= 0.6 is 0 Å². The van der Waals surface area contributed by atoms with E-state index in [0.717, 1.165) is 30.1 Å². The van der Waals surface area contributed by atoms with Gasteiger partial charge in [-0.3, -0.25) is 9.59 Å². The SMILES string of the molecule is CC(=O)O[C@@H]1C(=O)C[C@@]2(C)[C@@H](CC[C@]3(C)[C@H]2CC[C@@H]2[C@H]4[C@H](C(C)C)CC[C@@]4(C)CC[C@]23C)C1(C)C. The summed E-state index contributed by atoms with van der Waals surface area (Å²) in [7, 11) is 0. The number of hydrogen-bond donors (Lipinski definition) is 0. The van der Waals surface area contributed by atoms with Gasteiger partial charge in [-0.15, -0.1) is 0 Å². The van der Waals surface area contributed by atoms with E-state index >= 15 is 0 Å². The van der Waals surface area contributed by atoms with Gasteiger partial charge in [0, 0.05) is 18.8 Å². The number of hydrogen-bond acceptors (Lipinski definition) is 3. The quantitative estimate of drug-likeness (QED) is 0.375. The summed E-state index contributed by atoms with van der Waals surface area (Å²) >= 11 is 0. The fraction of sp³-hybridized carbons (Fsp3) is 0.938. The summed E-state index contributed by atoms with van der Waals surface area (Å²) in [6.07, 6.45) is 10.6. The van der Waals surface area contributed by atoms with Gasteiger partial charge in [0.2, 0.25) is 0 Å². The fourth-order valence-electron chi connectivity index (χ4n) is 12.0. The molecule has 0 spiro atoms. The number of carbonyl (C=O) groups excluding carboxylic acids is 2. The minimum absolute atomic E-state index is 0.00785. The Bertz CT molecular complexity index is 904. The smallest absolute Gasteiger partial charge is 0.303 e. The van der Waals surface area contributed by atoms with Crippen molar-refractivity contribution in [2.45, 2.75) is 126 Å². The Balaban J connectivity index is 1.52. The molecule has 0 aromatic rings. The average Bonchev–Trinajstić information content (AvgIpc) is 3.09. The Hall–Kier alpha value is -0.860. The predicted octanol–water partition coefficient (Wildman–Crippen LogP) is 7.85. The third kappa shape index (κ3) is 3.27. The first-order valence-electron chi connectivity index (χ1n) is 14.8. The second kappa shape index (κ2) is 7.83. The second-order valence-corrected chi connectivity index (χ2v) is 15.7. The maximum Gasteiger partial charge on any atom is 0.303 e. The molecule has 0 unspecified atom stereocenters. The van der Waals surface area contributed by atoms with Gasteiger partial charge in [0.05, 0.1) is 0 Å². The van der Waals surface area contributed by atoms with Crippen molar-refractivity contribution in [2.75, 3.05) is 0 Å². The van der Waals surface area contributed by atoms with Crippen molar-refractivity contribution in [3.8, 4) is 0 Å². The van der Waals surface area contributed by atoms with E-state index in [9.17, 15) is 9.59 Å². The van der Waals surface area contributed by atoms with Crippen LogP contribution in [0.3, 0.4) is 0 Å². The number of Topliss-reactive ketones (excluding diaryl/α,β-unsaturated/α-hetero) is 1.